The molecule has 0 fully saturated rings. The van der Waals surface area contributed by atoms with Crippen molar-refractivity contribution in [1.29, 1.82) is 0 Å². The number of benzene rings is 1. The monoisotopic (exact) mass is 274 g/mol. The lowest BCUT2D eigenvalue weighted by Gasteiger charge is -2.02. The van der Waals surface area contributed by atoms with E-state index in [0.29, 0.717) is 12.3 Å². The molecule has 0 aromatic heterocycles. The summed E-state index contributed by atoms with van der Waals surface area (Å²) >= 11 is 8.93. The molecule has 0 unspecified atom stereocenters. The summed E-state index contributed by atoms with van der Waals surface area (Å²) in [6, 6.07) is 5.67. The summed E-state index contributed by atoms with van der Waals surface area (Å²) in [5.74, 6) is 0.699. The van der Waals surface area contributed by atoms with Gasteiger partial charge in [0.1, 0.15) is 0 Å². The van der Waals surface area contributed by atoms with Gasteiger partial charge in [-0.2, -0.15) is 0 Å². The third-order valence-electron chi connectivity index (χ3n) is 2.03. The Balaban J connectivity index is 2.76. The lowest BCUT2D eigenvalue weighted by Crippen LogP contribution is -1.99. The van der Waals surface area contributed by atoms with Crippen molar-refractivity contribution >= 4 is 33.3 Å². The highest BCUT2D eigenvalue weighted by Gasteiger charge is 2.06. The number of hydrogen-bond donors (Lipinski definition) is 0. The average molecular weight is 276 g/mol. The van der Waals surface area contributed by atoms with E-state index in [1.54, 1.807) is 0 Å². The topological polar surface area (TPSA) is 17.1 Å². The van der Waals surface area contributed by atoms with E-state index < -0.39 is 0 Å². The predicted octanol–water partition coefficient (Wildman–Crippen LogP) is 3.96. The SMILES string of the molecule is Cc1ccc(C(=O)CCCCl)cc1Br. The first-order valence-electron chi connectivity index (χ1n) is 4.50. The predicted molar refractivity (Wildman–Crippen MR) is 63.2 cm³/mol. The summed E-state index contributed by atoms with van der Waals surface area (Å²) in [5.41, 5.74) is 1.89. The van der Waals surface area contributed by atoms with Gasteiger partial charge in [0.25, 0.3) is 0 Å². The molecule has 0 bridgehead atoms. The summed E-state index contributed by atoms with van der Waals surface area (Å²) < 4.78 is 0.981. The van der Waals surface area contributed by atoms with Gasteiger partial charge >= 0.3 is 0 Å². The van der Waals surface area contributed by atoms with Gasteiger partial charge in [-0.25, -0.2) is 0 Å². The maximum Gasteiger partial charge on any atom is 0.162 e. The lowest BCUT2D eigenvalue weighted by molar-refractivity contribution is 0.0982. The zero-order valence-electron chi connectivity index (χ0n) is 8.02. The van der Waals surface area contributed by atoms with Crippen molar-refractivity contribution in [2.45, 2.75) is 19.8 Å². The number of hydrogen-bond acceptors (Lipinski definition) is 1. The first-order chi connectivity index (χ1) is 6.65. The zero-order valence-corrected chi connectivity index (χ0v) is 10.4. The minimum absolute atomic E-state index is 0.159. The Bertz CT molecular complexity index is 336. The average Bonchev–Trinajstić information content (AvgIpc) is 2.18. The Labute approximate surface area is 97.6 Å². The summed E-state index contributed by atoms with van der Waals surface area (Å²) in [6.07, 6.45) is 1.27. The number of ketones is 1. The van der Waals surface area contributed by atoms with Crippen LogP contribution in [0.15, 0.2) is 22.7 Å². The minimum Gasteiger partial charge on any atom is -0.294 e. The van der Waals surface area contributed by atoms with Gasteiger partial charge < -0.3 is 0 Å². The third-order valence-corrected chi connectivity index (χ3v) is 3.15. The fraction of sp³-hybridized carbons (Fsp3) is 0.364. The molecule has 0 spiro atoms. The van der Waals surface area contributed by atoms with Crippen LogP contribution in [0.2, 0.25) is 0 Å². The van der Waals surface area contributed by atoms with E-state index in [0.717, 1.165) is 22.0 Å². The zero-order chi connectivity index (χ0) is 10.6. The molecule has 0 atom stereocenters. The molecule has 0 heterocycles. The van der Waals surface area contributed by atoms with E-state index in [4.69, 9.17) is 11.6 Å². The van der Waals surface area contributed by atoms with Crippen LogP contribution in [0.5, 0.6) is 0 Å². The van der Waals surface area contributed by atoms with Crippen LogP contribution < -0.4 is 0 Å². The molecule has 0 aliphatic carbocycles. The maximum atomic E-state index is 11.6. The molecule has 0 N–H and O–H groups in total. The minimum atomic E-state index is 0.159. The van der Waals surface area contributed by atoms with Crippen molar-refractivity contribution in [3.63, 3.8) is 0 Å². The van der Waals surface area contributed by atoms with Gasteiger partial charge in [-0.05, 0) is 25.0 Å². The van der Waals surface area contributed by atoms with E-state index in [9.17, 15) is 4.79 Å². The van der Waals surface area contributed by atoms with Crippen molar-refractivity contribution in [3.8, 4) is 0 Å². The fourth-order valence-electron chi connectivity index (χ4n) is 1.14. The molecule has 76 valence electrons. The van der Waals surface area contributed by atoms with Crippen molar-refractivity contribution in [3.05, 3.63) is 33.8 Å². The maximum absolute atomic E-state index is 11.6. The van der Waals surface area contributed by atoms with Gasteiger partial charge in [-0.1, -0.05) is 28.1 Å². The van der Waals surface area contributed by atoms with Crippen molar-refractivity contribution in [2.75, 3.05) is 5.88 Å². The first-order valence-corrected chi connectivity index (χ1v) is 5.83. The van der Waals surface area contributed by atoms with Crippen molar-refractivity contribution in [2.24, 2.45) is 0 Å². The Morgan fingerprint density at radius 1 is 1.50 bits per heavy atom. The third kappa shape index (κ3) is 3.10. The van der Waals surface area contributed by atoms with E-state index in [1.807, 2.05) is 25.1 Å². The van der Waals surface area contributed by atoms with Gasteiger partial charge in [0, 0.05) is 22.3 Å². The highest BCUT2D eigenvalue weighted by Crippen LogP contribution is 2.18. The quantitative estimate of drug-likeness (QED) is 0.600. The van der Waals surface area contributed by atoms with Crippen LogP contribution in [0, 0.1) is 6.92 Å². The van der Waals surface area contributed by atoms with Crippen LogP contribution in [-0.4, -0.2) is 11.7 Å². The lowest BCUT2D eigenvalue weighted by atomic mass is 10.1. The molecular weight excluding hydrogens is 263 g/mol. The molecule has 0 saturated carbocycles. The molecule has 1 rings (SSSR count). The first kappa shape index (κ1) is 11.7. The van der Waals surface area contributed by atoms with Crippen molar-refractivity contribution in [1.82, 2.24) is 0 Å². The Kier molecular flexibility index (Phi) is 4.63. The van der Waals surface area contributed by atoms with Crippen LogP contribution in [0.4, 0.5) is 0 Å². The smallest absolute Gasteiger partial charge is 0.162 e. The summed E-state index contributed by atoms with van der Waals surface area (Å²) in [4.78, 5) is 11.6. The molecule has 1 aromatic rings. The van der Waals surface area contributed by atoms with Crippen LogP contribution in [-0.2, 0) is 0 Å². The van der Waals surface area contributed by atoms with Crippen molar-refractivity contribution < 1.29 is 4.79 Å². The number of aryl methyl sites for hydroxylation is 1. The number of alkyl halides is 1. The molecule has 1 nitrogen and oxygen atoms in total. The number of carbonyl (C=O) groups excluding carboxylic acids is 1. The van der Waals surface area contributed by atoms with Gasteiger partial charge in [0.05, 0.1) is 0 Å². The van der Waals surface area contributed by atoms with Gasteiger partial charge in [-0.3, -0.25) is 4.79 Å². The molecule has 3 heteroatoms. The summed E-state index contributed by atoms with van der Waals surface area (Å²) in [5, 5.41) is 0. The van der Waals surface area contributed by atoms with Crippen LogP contribution in [0.25, 0.3) is 0 Å². The largest absolute Gasteiger partial charge is 0.294 e. The highest BCUT2D eigenvalue weighted by molar-refractivity contribution is 9.10. The van der Waals surface area contributed by atoms with E-state index in [2.05, 4.69) is 15.9 Å². The molecule has 0 radical (unpaired) electrons. The van der Waals surface area contributed by atoms with Gasteiger partial charge in [0.2, 0.25) is 0 Å². The molecule has 14 heavy (non-hydrogen) atoms. The number of halogens is 2. The standard InChI is InChI=1S/C11H12BrClO/c1-8-4-5-9(7-10(8)12)11(14)3-2-6-13/h4-5,7H,2-3,6H2,1H3. The molecule has 0 amide bonds. The Morgan fingerprint density at radius 2 is 2.21 bits per heavy atom. The molecule has 1 aromatic carbocycles. The van der Waals surface area contributed by atoms with Gasteiger partial charge in [-0.15, -0.1) is 11.6 Å². The van der Waals surface area contributed by atoms with E-state index in [-0.39, 0.29) is 5.78 Å². The van der Waals surface area contributed by atoms with Gasteiger partial charge in [0.15, 0.2) is 5.78 Å². The molecule has 0 saturated heterocycles. The van der Waals surface area contributed by atoms with Crippen LogP contribution >= 0.6 is 27.5 Å². The highest BCUT2D eigenvalue weighted by atomic mass is 79.9. The number of Topliss-reactive ketones (excluding diaryl/α,β-unsaturated/α-hetero) is 1. The normalized spacial score (nSPS) is 10.2. The summed E-state index contributed by atoms with van der Waals surface area (Å²) in [7, 11) is 0. The Hall–Kier alpha value is -0.340. The number of carbonyl (C=O) groups is 1. The second kappa shape index (κ2) is 5.52. The van der Waals surface area contributed by atoms with Crippen LogP contribution in [0.3, 0.4) is 0 Å². The molecule has 0 aliphatic heterocycles. The van der Waals surface area contributed by atoms with E-state index in [1.165, 1.54) is 0 Å². The molecule has 0 aliphatic rings. The van der Waals surface area contributed by atoms with Crippen LogP contribution in [0.1, 0.15) is 28.8 Å². The second-order valence-corrected chi connectivity index (χ2v) is 4.41. The second-order valence-electron chi connectivity index (χ2n) is 3.18. The fourth-order valence-corrected chi connectivity index (χ4v) is 1.65. The number of rotatable bonds is 4. The summed E-state index contributed by atoms with van der Waals surface area (Å²) in [6.45, 7) is 2.00. The van der Waals surface area contributed by atoms with E-state index >= 15 is 0 Å². The molecular formula is C11H12BrClO. The Morgan fingerprint density at radius 3 is 2.79 bits per heavy atom.